The van der Waals surface area contributed by atoms with Gasteiger partial charge in [-0.3, -0.25) is 0 Å². The average Bonchev–Trinajstić information content (AvgIpc) is 2.11. The van der Waals surface area contributed by atoms with Crippen LogP contribution < -0.4 is 5.14 Å². The second kappa shape index (κ2) is 4.27. The Morgan fingerprint density at radius 3 is 1.68 bits per heavy atom. The number of nitrogens with two attached hydrogens (primary N) is 1. The van der Waals surface area contributed by atoms with Gasteiger partial charge >= 0.3 is 12.4 Å². The molecule has 0 aromatic heterocycles. The molecule has 0 unspecified atom stereocenters. The number of hydrogen-bond donors (Lipinski definition) is 2. The smallest absolute Gasteiger partial charge is 0.419 e. The standard InChI is InChI=1S/C8H5F6NO3S/c9-7(10,11)3-2-6(19(15,17)18)4(1-5(3)16)8(12,13)14/h1-2,16H,(H2,15,17,18). The van der Waals surface area contributed by atoms with E-state index in [1.54, 1.807) is 0 Å². The quantitative estimate of drug-likeness (QED) is 0.779. The zero-order valence-corrected chi connectivity index (χ0v) is 9.49. The molecular formula is C8H5F6NO3S. The summed E-state index contributed by atoms with van der Waals surface area (Å²) in [4.78, 5) is -1.76. The maximum atomic E-state index is 12.5. The van der Waals surface area contributed by atoms with Crippen molar-refractivity contribution in [3.8, 4) is 5.75 Å². The summed E-state index contributed by atoms with van der Waals surface area (Å²) in [7, 11) is -5.05. The van der Waals surface area contributed by atoms with E-state index in [1.807, 2.05) is 0 Å². The van der Waals surface area contributed by atoms with Crippen molar-refractivity contribution in [2.45, 2.75) is 17.2 Å². The lowest BCUT2D eigenvalue weighted by Crippen LogP contribution is -2.20. The molecule has 0 amide bonds. The second-order valence-corrected chi connectivity index (χ2v) is 4.94. The van der Waals surface area contributed by atoms with Crippen LogP contribution in [-0.2, 0) is 22.4 Å². The lowest BCUT2D eigenvalue weighted by atomic mass is 10.1. The number of benzene rings is 1. The lowest BCUT2D eigenvalue weighted by Gasteiger charge is -2.15. The molecule has 0 atom stereocenters. The largest absolute Gasteiger partial charge is 0.507 e. The van der Waals surface area contributed by atoms with E-state index >= 15 is 0 Å². The molecule has 1 rings (SSSR count). The van der Waals surface area contributed by atoms with E-state index in [2.05, 4.69) is 5.14 Å². The number of aromatic hydroxyl groups is 1. The van der Waals surface area contributed by atoms with E-state index in [9.17, 15) is 34.8 Å². The number of hydrogen-bond acceptors (Lipinski definition) is 3. The minimum absolute atomic E-state index is 0.331. The van der Waals surface area contributed by atoms with E-state index < -0.39 is 44.1 Å². The summed E-state index contributed by atoms with van der Waals surface area (Å²) in [6.45, 7) is 0. The van der Waals surface area contributed by atoms with Crippen LogP contribution in [0.25, 0.3) is 0 Å². The lowest BCUT2D eigenvalue weighted by molar-refractivity contribution is -0.144. The van der Waals surface area contributed by atoms with Crippen LogP contribution in [0.2, 0.25) is 0 Å². The van der Waals surface area contributed by atoms with Crippen LogP contribution in [0.15, 0.2) is 17.0 Å². The first-order valence-corrected chi connectivity index (χ1v) is 5.83. The van der Waals surface area contributed by atoms with Gasteiger partial charge in [0.1, 0.15) is 5.75 Å². The first-order valence-electron chi connectivity index (χ1n) is 4.29. The van der Waals surface area contributed by atoms with Gasteiger partial charge in [0.15, 0.2) is 0 Å². The van der Waals surface area contributed by atoms with Gasteiger partial charge in [-0.25, -0.2) is 13.6 Å². The summed E-state index contributed by atoms with van der Waals surface area (Å²) in [5.74, 6) is -1.74. The van der Waals surface area contributed by atoms with Crippen molar-refractivity contribution >= 4 is 10.0 Å². The van der Waals surface area contributed by atoms with Crippen LogP contribution in [0, 0.1) is 0 Å². The molecule has 0 fully saturated rings. The van der Waals surface area contributed by atoms with E-state index in [0.717, 1.165) is 0 Å². The van der Waals surface area contributed by atoms with Gasteiger partial charge in [-0.05, 0) is 12.1 Å². The molecule has 1 aromatic carbocycles. The number of rotatable bonds is 1. The molecule has 19 heavy (non-hydrogen) atoms. The Morgan fingerprint density at radius 1 is 0.947 bits per heavy atom. The fourth-order valence-corrected chi connectivity index (χ4v) is 2.02. The van der Waals surface area contributed by atoms with Crippen LogP contribution in [0.3, 0.4) is 0 Å². The van der Waals surface area contributed by atoms with Gasteiger partial charge in [0.2, 0.25) is 10.0 Å². The molecule has 0 aliphatic carbocycles. The third kappa shape index (κ3) is 3.29. The summed E-state index contributed by atoms with van der Waals surface area (Å²) in [5, 5.41) is 13.4. The van der Waals surface area contributed by atoms with Crippen LogP contribution >= 0.6 is 0 Å². The summed E-state index contributed by atoms with van der Waals surface area (Å²) in [6.07, 6.45) is -10.5. The highest BCUT2D eigenvalue weighted by Crippen LogP contribution is 2.42. The minimum atomic E-state index is -5.29. The Balaban J connectivity index is 3.76. The molecule has 108 valence electrons. The van der Waals surface area contributed by atoms with Crippen LogP contribution in [0.4, 0.5) is 26.3 Å². The predicted molar refractivity (Wildman–Crippen MR) is 49.5 cm³/mol. The minimum Gasteiger partial charge on any atom is -0.507 e. The number of alkyl halides is 6. The summed E-state index contributed by atoms with van der Waals surface area (Å²) in [6, 6.07) is -0.684. The summed E-state index contributed by atoms with van der Waals surface area (Å²) >= 11 is 0. The van der Waals surface area contributed by atoms with Crippen LogP contribution in [0.5, 0.6) is 5.75 Å². The Labute approximate surface area is 102 Å². The Hall–Kier alpha value is -1.49. The van der Waals surface area contributed by atoms with Gasteiger partial charge in [-0.15, -0.1) is 0 Å². The Bertz CT molecular complexity index is 604. The van der Waals surface area contributed by atoms with Crippen molar-refractivity contribution in [2.75, 3.05) is 0 Å². The summed E-state index contributed by atoms with van der Waals surface area (Å²) in [5.41, 5.74) is -3.90. The monoisotopic (exact) mass is 309 g/mol. The van der Waals surface area contributed by atoms with Gasteiger partial charge in [0.05, 0.1) is 16.0 Å². The van der Waals surface area contributed by atoms with Crippen molar-refractivity contribution in [1.82, 2.24) is 0 Å². The van der Waals surface area contributed by atoms with Crippen molar-refractivity contribution in [3.63, 3.8) is 0 Å². The molecule has 0 heterocycles. The highest BCUT2D eigenvalue weighted by Gasteiger charge is 2.41. The highest BCUT2D eigenvalue weighted by molar-refractivity contribution is 7.89. The third-order valence-electron chi connectivity index (χ3n) is 2.02. The molecule has 0 aliphatic heterocycles. The van der Waals surface area contributed by atoms with E-state index in [4.69, 9.17) is 5.11 Å². The average molecular weight is 309 g/mol. The molecule has 4 nitrogen and oxygen atoms in total. The molecule has 0 radical (unpaired) electrons. The van der Waals surface area contributed by atoms with E-state index in [1.165, 1.54) is 0 Å². The number of phenols is 1. The van der Waals surface area contributed by atoms with Gasteiger partial charge in [-0.2, -0.15) is 26.3 Å². The van der Waals surface area contributed by atoms with Crippen LogP contribution in [0.1, 0.15) is 11.1 Å². The topological polar surface area (TPSA) is 80.4 Å². The molecular weight excluding hydrogens is 304 g/mol. The zero-order valence-electron chi connectivity index (χ0n) is 8.67. The van der Waals surface area contributed by atoms with Gasteiger partial charge in [0, 0.05) is 0 Å². The second-order valence-electron chi connectivity index (χ2n) is 3.41. The Morgan fingerprint density at radius 2 is 1.37 bits per heavy atom. The van der Waals surface area contributed by atoms with Crippen molar-refractivity contribution in [2.24, 2.45) is 5.14 Å². The van der Waals surface area contributed by atoms with E-state index in [-0.39, 0.29) is 12.1 Å². The predicted octanol–water partition coefficient (Wildman–Crippen LogP) is 2.08. The molecule has 3 N–H and O–H groups in total. The fourth-order valence-electron chi connectivity index (χ4n) is 1.25. The highest BCUT2D eigenvalue weighted by atomic mass is 32.2. The number of primary sulfonamides is 1. The number of halogens is 6. The third-order valence-corrected chi connectivity index (χ3v) is 2.97. The molecule has 0 saturated carbocycles. The van der Waals surface area contributed by atoms with Gasteiger partial charge in [-0.1, -0.05) is 0 Å². The molecule has 11 heteroatoms. The first kappa shape index (κ1) is 15.6. The van der Waals surface area contributed by atoms with Crippen molar-refractivity contribution in [3.05, 3.63) is 23.3 Å². The molecule has 0 spiro atoms. The van der Waals surface area contributed by atoms with Gasteiger partial charge in [0.25, 0.3) is 0 Å². The van der Waals surface area contributed by atoms with Gasteiger partial charge < -0.3 is 5.11 Å². The van der Waals surface area contributed by atoms with Crippen LogP contribution in [-0.4, -0.2) is 13.5 Å². The number of sulfonamides is 1. The maximum absolute atomic E-state index is 12.5. The van der Waals surface area contributed by atoms with E-state index in [0.29, 0.717) is 0 Å². The van der Waals surface area contributed by atoms with Crippen molar-refractivity contribution < 1.29 is 39.9 Å². The molecule has 0 saturated heterocycles. The normalized spacial score (nSPS) is 13.6. The maximum Gasteiger partial charge on any atom is 0.419 e. The summed E-state index contributed by atoms with van der Waals surface area (Å²) < 4.78 is 96.4. The fraction of sp³-hybridized carbons (Fsp3) is 0.250. The molecule has 0 aliphatic rings. The Kier molecular flexibility index (Phi) is 3.50. The SMILES string of the molecule is NS(=O)(=O)c1cc(C(F)(F)F)c(O)cc1C(F)(F)F. The molecule has 1 aromatic rings. The zero-order chi connectivity index (χ0) is 15.2. The first-order chi connectivity index (χ1) is 8.24. The molecule has 0 bridgehead atoms. The number of phenolic OH excluding ortho intramolecular Hbond substituents is 1. The van der Waals surface area contributed by atoms with Crippen molar-refractivity contribution in [1.29, 1.82) is 0 Å².